The van der Waals surface area contributed by atoms with Crippen molar-refractivity contribution in [1.82, 2.24) is 5.32 Å². The van der Waals surface area contributed by atoms with Gasteiger partial charge in [-0.05, 0) is 45.4 Å². The maximum Gasteiger partial charge on any atom is 0.408 e. The highest BCUT2D eigenvalue weighted by Gasteiger charge is 2.38. The van der Waals surface area contributed by atoms with E-state index in [0.717, 1.165) is 12.8 Å². The molecule has 1 aliphatic rings. The van der Waals surface area contributed by atoms with Crippen molar-refractivity contribution in [2.24, 2.45) is 5.41 Å². The first-order valence-corrected chi connectivity index (χ1v) is 6.73. The van der Waals surface area contributed by atoms with Crippen LogP contribution < -0.4 is 5.32 Å². The Hall–Kier alpha value is -1.26. The van der Waals surface area contributed by atoms with E-state index in [-0.39, 0.29) is 5.41 Å². The molecule has 1 N–H and O–H groups in total. The number of rotatable bonds is 4. The Morgan fingerprint density at radius 3 is 2.26 bits per heavy atom. The number of methoxy groups -OCH3 is 1. The summed E-state index contributed by atoms with van der Waals surface area (Å²) in [6, 6.07) is -0.634. The number of carbonyl (C=O) groups excluding carboxylic acids is 2. The highest BCUT2D eigenvalue weighted by Crippen LogP contribution is 2.44. The predicted octanol–water partition coefficient (Wildman–Crippen LogP) is 2.63. The second kappa shape index (κ2) is 5.80. The van der Waals surface area contributed by atoms with Gasteiger partial charge in [-0.3, -0.25) is 0 Å². The zero-order valence-corrected chi connectivity index (χ0v) is 12.5. The van der Waals surface area contributed by atoms with Crippen LogP contribution in [0.4, 0.5) is 4.79 Å². The van der Waals surface area contributed by atoms with Crippen molar-refractivity contribution in [3.05, 3.63) is 0 Å². The molecule has 0 aromatic rings. The zero-order valence-electron chi connectivity index (χ0n) is 12.5. The summed E-state index contributed by atoms with van der Waals surface area (Å²) in [5.74, 6) is -0.418. The summed E-state index contributed by atoms with van der Waals surface area (Å²) < 4.78 is 9.92. The SMILES string of the molecule is COC(=O)[C@@H](CC1(C)CCC1)NC(=O)OC(C)(C)C. The van der Waals surface area contributed by atoms with Gasteiger partial charge >= 0.3 is 12.1 Å². The fourth-order valence-corrected chi connectivity index (χ4v) is 2.26. The average molecular weight is 271 g/mol. The molecule has 0 aromatic heterocycles. The van der Waals surface area contributed by atoms with Crippen LogP contribution in [0.25, 0.3) is 0 Å². The first-order valence-electron chi connectivity index (χ1n) is 6.73. The third-order valence-electron chi connectivity index (χ3n) is 3.43. The molecule has 0 heterocycles. The maximum atomic E-state index is 11.7. The van der Waals surface area contributed by atoms with Gasteiger partial charge in [0.2, 0.25) is 0 Å². The quantitative estimate of drug-likeness (QED) is 0.798. The van der Waals surface area contributed by atoms with Crippen LogP contribution in [-0.4, -0.2) is 30.8 Å². The lowest BCUT2D eigenvalue weighted by molar-refractivity contribution is -0.144. The van der Waals surface area contributed by atoms with Crippen molar-refractivity contribution in [2.75, 3.05) is 7.11 Å². The highest BCUT2D eigenvalue weighted by atomic mass is 16.6. The van der Waals surface area contributed by atoms with E-state index in [0.29, 0.717) is 6.42 Å². The summed E-state index contributed by atoms with van der Waals surface area (Å²) >= 11 is 0. The van der Waals surface area contributed by atoms with Gasteiger partial charge in [-0.1, -0.05) is 13.3 Å². The minimum Gasteiger partial charge on any atom is -0.467 e. The van der Waals surface area contributed by atoms with Crippen molar-refractivity contribution in [1.29, 1.82) is 0 Å². The van der Waals surface area contributed by atoms with E-state index in [4.69, 9.17) is 9.47 Å². The largest absolute Gasteiger partial charge is 0.467 e. The topological polar surface area (TPSA) is 64.6 Å². The van der Waals surface area contributed by atoms with Gasteiger partial charge in [-0.2, -0.15) is 0 Å². The van der Waals surface area contributed by atoms with E-state index in [1.54, 1.807) is 20.8 Å². The van der Waals surface area contributed by atoms with Crippen LogP contribution >= 0.6 is 0 Å². The molecule has 110 valence electrons. The van der Waals surface area contributed by atoms with Crippen LogP contribution in [0.2, 0.25) is 0 Å². The summed E-state index contributed by atoms with van der Waals surface area (Å²) in [7, 11) is 1.33. The average Bonchev–Trinajstić information content (AvgIpc) is 2.22. The molecule has 19 heavy (non-hydrogen) atoms. The summed E-state index contributed by atoms with van der Waals surface area (Å²) in [4.78, 5) is 23.5. The van der Waals surface area contributed by atoms with Crippen LogP contribution in [0.5, 0.6) is 0 Å². The van der Waals surface area contributed by atoms with Gasteiger partial charge in [0.05, 0.1) is 7.11 Å². The van der Waals surface area contributed by atoms with Gasteiger partial charge in [0.25, 0.3) is 0 Å². The van der Waals surface area contributed by atoms with Gasteiger partial charge in [0.15, 0.2) is 0 Å². The molecule has 0 aromatic carbocycles. The van der Waals surface area contributed by atoms with Crippen LogP contribution in [0.15, 0.2) is 0 Å². The van der Waals surface area contributed by atoms with E-state index in [9.17, 15) is 9.59 Å². The Balaban J connectivity index is 2.59. The molecule has 0 bridgehead atoms. The molecular weight excluding hydrogens is 246 g/mol. The molecule has 1 rings (SSSR count). The van der Waals surface area contributed by atoms with Crippen LogP contribution in [-0.2, 0) is 14.3 Å². The number of carbonyl (C=O) groups is 2. The number of amides is 1. The summed E-state index contributed by atoms with van der Waals surface area (Å²) in [6.45, 7) is 7.48. The molecule has 0 unspecified atom stereocenters. The number of hydrogen-bond acceptors (Lipinski definition) is 4. The third kappa shape index (κ3) is 5.09. The maximum absolute atomic E-state index is 11.7. The first-order chi connectivity index (χ1) is 8.65. The molecule has 1 saturated carbocycles. The van der Waals surface area contributed by atoms with E-state index in [1.807, 2.05) is 0 Å². The van der Waals surface area contributed by atoms with Crippen LogP contribution in [0, 0.1) is 5.41 Å². The molecule has 0 spiro atoms. The van der Waals surface area contributed by atoms with Crippen LogP contribution in [0.3, 0.4) is 0 Å². The predicted molar refractivity (Wildman–Crippen MR) is 71.7 cm³/mol. The lowest BCUT2D eigenvalue weighted by Gasteiger charge is -2.40. The van der Waals surface area contributed by atoms with Gasteiger partial charge < -0.3 is 14.8 Å². The van der Waals surface area contributed by atoms with Gasteiger partial charge in [-0.15, -0.1) is 0 Å². The fourth-order valence-electron chi connectivity index (χ4n) is 2.26. The number of alkyl carbamates (subject to hydrolysis) is 1. The number of nitrogens with one attached hydrogen (secondary N) is 1. The van der Waals surface area contributed by atoms with E-state index in [2.05, 4.69) is 12.2 Å². The number of esters is 1. The molecule has 1 fully saturated rings. The second-order valence-corrected chi connectivity index (χ2v) is 6.59. The molecule has 5 heteroatoms. The fraction of sp³-hybridized carbons (Fsp3) is 0.857. The smallest absolute Gasteiger partial charge is 0.408 e. The Morgan fingerprint density at radius 1 is 1.32 bits per heavy atom. The normalized spacial score (nSPS) is 19.0. The van der Waals surface area contributed by atoms with Gasteiger partial charge in [0, 0.05) is 0 Å². The monoisotopic (exact) mass is 271 g/mol. The molecule has 5 nitrogen and oxygen atoms in total. The number of hydrogen-bond donors (Lipinski definition) is 1. The lowest BCUT2D eigenvalue weighted by Crippen LogP contribution is -2.47. The highest BCUT2D eigenvalue weighted by molar-refractivity contribution is 5.81. The lowest BCUT2D eigenvalue weighted by atomic mass is 9.67. The zero-order chi connectivity index (χ0) is 14.7. The minimum absolute atomic E-state index is 0.119. The van der Waals surface area contributed by atoms with Crippen molar-refractivity contribution >= 4 is 12.1 Å². The Bertz CT molecular complexity index is 342. The summed E-state index contributed by atoms with van der Waals surface area (Å²) in [5.41, 5.74) is -0.459. The summed E-state index contributed by atoms with van der Waals surface area (Å²) in [6.07, 6.45) is 3.36. The molecule has 1 atom stereocenters. The number of ether oxygens (including phenoxy) is 2. The van der Waals surface area contributed by atoms with E-state index in [1.165, 1.54) is 13.5 Å². The molecule has 1 amide bonds. The summed E-state index contributed by atoms with van der Waals surface area (Å²) in [5, 5.41) is 2.61. The van der Waals surface area contributed by atoms with Gasteiger partial charge in [-0.25, -0.2) is 9.59 Å². The molecule has 1 aliphatic carbocycles. The molecule has 0 aliphatic heterocycles. The van der Waals surface area contributed by atoms with Crippen molar-refractivity contribution in [3.63, 3.8) is 0 Å². The van der Waals surface area contributed by atoms with Crippen molar-refractivity contribution in [2.45, 2.75) is 65.0 Å². The van der Waals surface area contributed by atoms with Crippen molar-refractivity contribution < 1.29 is 19.1 Å². The standard InChI is InChI=1S/C14H25NO4/c1-13(2,3)19-12(17)15-10(11(16)18-5)9-14(4)7-6-8-14/h10H,6-9H2,1-5H3,(H,15,17)/t10-/m1/s1. The Labute approximate surface area is 115 Å². The van der Waals surface area contributed by atoms with E-state index < -0.39 is 23.7 Å². The molecule has 0 saturated heterocycles. The third-order valence-corrected chi connectivity index (χ3v) is 3.43. The van der Waals surface area contributed by atoms with Crippen molar-refractivity contribution in [3.8, 4) is 0 Å². The Kier molecular flexibility index (Phi) is 4.82. The van der Waals surface area contributed by atoms with E-state index >= 15 is 0 Å². The second-order valence-electron chi connectivity index (χ2n) is 6.59. The van der Waals surface area contributed by atoms with Crippen LogP contribution in [0.1, 0.15) is 53.4 Å². The Morgan fingerprint density at radius 2 is 1.89 bits per heavy atom. The molecule has 0 radical (unpaired) electrons. The molecular formula is C14H25NO4. The minimum atomic E-state index is -0.634. The first kappa shape index (κ1) is 15.8. The van der Waals surface area contributed by atoms with Gasteiger partial charge in [0.1, 0.15) is 11.6 Å².